The van der Waals surface area contributed by atoms with Gasteiger partial charge in [-0.05, 0) is 6.42 Å². The summed E-state index contributed by atoms with van der Waals surface area (Å²) in [5.41, 5.74) is 0. The summed E-state index contributed by atoms with van der Waals surface area (Å²) in [7, 11) is -3.94. The summed E-state index contributed by atoms with van der Waals surface area (Å²) >= 11 is 0. The predicted molar refractivity (Wildman–Crippen MR) is 44.0 cm³/mol. The quantitative estimate of drug-likeness (QED) is 0.677. The normalized spacial score (nSPS) is 11.5. The summed E-state index contributed by atoms with van der Waals surface area (Å²) in [5.74, 6) is 0. The number of hydrogen-bond acceptors (Lipinski definition) is 5. The molecular formula is C6H10N2O4S. The zero-order chi connectivity index (χ0) is 9.73. The molecule has 0 aliphatic rings. The second-order valence-electron chi connectivity index (χ2n) is 2.23. The Hall–Kier alpha value is -1.08. The van der Waals surface area contributed by atoms with E-state index in [9.17, 15) is 8.42 Å². The molecule has 0 aromatic carbocycles. The van der Waals surface area contributed by atoms with Crippen LogP contribution in [0.1, 0.15) is 13.3 Å². The minimum atomic E-state index is -3.94. The van der Waals surface area contributed by atoms with Crippen molar-refractivity contribution in [1.82, 2.24) is 9.71 Å². The molecule has 0 spiro atoms. The van der Waals surface area contributed by atoms with Crippen LogP contribution >= 0.6 is 0 Å². The van der Waals surface area contributed by atoms with E-state index in [1.807, 2.05) is 0 Å². The van der Waals surface area contributed by atoms with Crippen molar-refractivity contribution in [3.63, 3.8) is 0 Å². The third kappa shape index (κ3) is 3.43. The van der Waals surface area contributed by atoms with Crippen LogP contribution in [-0.4, -0.2) is 24.7 Å². The van der Waals surface area contributed by atoms with E-state index in [1.54, 1.807) is 6.92 Å². The molecule has 0 aliphatic heterocycles. The molecule has 0 N–H and O–H groups in total. The zero-order valence-corrected chi connectivity index (χ0v) is 7.90. The summed E-state index contributed by atoms with van der Waals surface area (Å²) in [6.07, 6.45) is 4.57. The van der Waals surface area contributed by atoms with Crippen molar-refractivity contribution in [1.29, 1.82) is 0 Å². The van der Waals surface area contributed by atoms with E-state index >= 15 is 0 Å². The Bertz CT molecular complexity index is 332. The molecular weight excluding hydrogens is 196 g/mol. The van der Waals surface area contributed by atoms with E-state index in [-0.39, 0.29) is 6.61 Å². The van der Waals surface area contributed by atoms with Crippen LogP contribution in [0, 0.1) is 0 Å². The summed E-state index contributed by atoms with van der Waals surface area (Å²) in [6.45, 7) is 1.91. The molecule has 0 amide bonds. The van der Waals surface area contributed by atoms with Crippen LogP contribution in [0.5, 0.6) is 0 Å². The maximum atomic E-state index is 11.0. The molecule has 74 valence electrons. The third-order valence-electron chi connectivity index (χ3n) is 1.09. The van der Waals surface area contributed by atoms with Gasteiger partial charge in [-0.1, -0.05) is 6.92 Å². The number of hydrogen-bond donors (Lipinski definition) is 0. The summed E-state index contributed by atoms with van der Waals surface area (Å²) in [6, 6.07) is 0. The fourth-order valence-electron chi connectivity index (χ4n) is 0.603. The molecule has 0 radical (unpaired) electrons. The van der Waals surface area contributed by atoms with Gasteiger partial charge in [-0.25, -0.2) is 9.17 Å². The average Bonchev–Trinajstić information content (AvgIpc) is 2.52. The van der Waals surface area contributed by atoms with Gasteiger partial charge in [0.2, 0.25) is 0 Å². The molecule has 1 aromatic rings. The zero-order valence-electron chi connectivity index (χ0n) is 7.08. The molecule has 1 aromatic heterocycles. The minimum Gasteiger partial charge on any atom is -0.265 e. The van der Waals surface area contributed by atoms with E-state index < -0.39 is 10.4 Å². The second-order valence-corrected chi connectivity index (χ2v) is 3.43. The Kier molecular flexibility index (Phi) is 3.26. The SMILES string of the molecule is CCCOS(=O)(=O)On1ccnc1. The lowest BCUT2D eigenvalue weighted by Crippen LogP contribution is -2.21. The van der Waals surface area contributed by atoms with Crippen LogP contribution < -0.4 is 4.28 Å². The van der Waals surface area contributed by atoms with Crippen LogP contribution in [0.25, 0.3) is 0 Å². The van der Waals surface area contributed by atoms with Crippen molar-refractivity contribution >= 4 is 10.4 Å². The number of rotatable bonds is 5. The van der Waals surface area contributed by atoms with Crippen LogP contribution in [-0.2, 0) is 14.6 Å². The first-order valence-corrected chi connectivity index (χ1v) is 5.04. The van der Waals surface area contributed by atoms with Crippen LogP contribution in [0.4, 0.5) is 0 Å². The lowest BCUT2D eigenvalue weighted by atomic mass is 10.5. The highest BCUT2D eigenvalue weighted by atomic mass is 32.3. The fourth-order valence-corrected chi connectivity index (χ4v) is 1.32. The van der Waals surface area contributed by atoms with Gasteiger partial charge >= 0.3 is 10.4 Å². The van der Waals surface area contributed by atoms with Gasteiger partial charge in [0.05, 0.1) is 12.8 Å². The lowest BCUT2D eigenvalue weighted by Gasteiger charge is -2.04. The van der Waals surface area contributed by atoms with Crippen molar-refractivity contribution in [2.24, 2.45) is 0 Å². The van der Waals surface area contributed by atoms with Crippen molar-refractivity contribution < 1.29 is 16.9 Å². The highest BCUT2D eigenvalue weighted by molar-refractivity contribution is 7.82. The Morgan fingerprint density at radius 1 is 1.54 bits per heavy atom. The number of aromatic nitrogens is 2. The van der Waals surface area contributed by atoms with Gasteiger partial charge in [-0.3, -0.25) is 4.28 Å². The van der Waals surface area contributed by atoms with Crippen molar-refractivity contribution in [2.45, 2.75) is 13.3 Å². The maximum Gasteiger partial charge on any atom is 0.467 e. The van der Waals surface area contributed by atoms with Gasteiger partial charge in [0.15, 0.2) is 0 Å². The van der Waals surface area contributed by atoms with Gasteiger partial charge in [0.25, 0.3) is 0 Å². The van der Waals surface area contributed by atoms with Gasteiger partial charge in [-0.15, -0.1) is 0 Å². The van der Waals surface area contributed by atoms with Crippen molar-refractivity contribution in [2.75, 3.05) is 6.61 Å². The summed E-state index contributed by atoms with van der Waals surface area (Å²) in [5, 5.41) is 0. The van der Waals surface area contributed by atoms with Crippen molar-refractivity contribution in [3.05, 3.63) is 18.7 Å². The largest absolute Gasteiger partial charge is 0.467 e. The molecule has 0 fully saturated rings. The summed E-state index contributed by atoms with van der Waals surface area (Å²) < 4.78 is 31.8. The first-order chi connectivity index (χ1) is 6.14. The molecule has 0 aliphatic carbocycles. The minimum absolute atomic E-state index is 0.108. The first kappa shape index (κ1) is 10.0. The van der Waals surface area contributed by atoms with Crippen LogP contribution in [0.3, 0.4) is 0 Å². The summed E-state index contributed by atoms with van der Waals surface area (Å²) in [4.78, 5) is 3.60. The van der Waals surface area contributed by atoms with E-state index in [1.165, 1.54) is 18.7 Å². The maximum absolute atomic E-state index is 11.0. The van der Waals surface area contributed by atoms with Crippen LogP contribution in [0.2, 0.25) is 0 Å². The van der Waals surface area contributed by atoms with Crippen molar-refractivity contribution in [3.8, 4) is 0 Å². The molecule has 6 nitrogen and oxygen atoms in total. The smallest absolute Gasteiger partial charge is 0.265 e. The molecule has 13 heavy (non-hydrogen) atoms. The van der Waals surface area contributed by atoms with E-state index in [0.717, 1.165) is 4.73 Å². The fraction of sp³-hybridized carbons (Fsp3) is 0.500. The molecule has 0 bridgehead atoms. The Balaban J connectivity index is 2.53. The molecule has 0 saturated carbocycles. The monoisotopic (exact) mass is 206 g/mol. The standard InChI is InChI=1S/C6H10N2O4S/c1-2-5-11-13(9,10)12-8-4-3-7-6-8/h3-4,6H,2,5H2,1H3. The highest BCUT2D eigenvalue weighted by Crippen LogP contribution is 1.94. The lowest BCUT2D eigenvalue weighted by molar-refractivity contribution is 0.197. The Morgan fingerprint density at radius 3 is 2.85 bits per heavy atom. The van der Waals surface area contributed by atoms with Gasteiger partial charge in [0, 0.05) is 6.20 Å². The topological polar surface area (TPSA) is 70.4 Å². The van der Waals surface area contributed by atoms with Crippen LogP contribution in [0.15, 0.2) is 18.7 Å². The van der Waals surface area contributed by atoms with Gasteiger partial charge in [-0.2, -0.15) is 13.1 Å². The predicted octanol–water partition coefficient (Wildman–Crippen LogP) is -0.0169. The van der Waals surface area contributed by atoms with Gasteiger partial charge < -0.3 is 0 Å². The van der Waals surface area contributed by atoms with E-state index in [0.29, 0.717) is 6.42 Å². The average molecular weight is 206 g/mol. The highest BCUT2D eigenvalue weighted by Gasteiger charge is 2.12. The molecule has 0 unspecified atom stereocenters. The Labute approximate surface area is 76.4 Å². The second kappa shape index (κ2) is 4.24. The third-order valence-corrected chi connectivity index (χ3v) is 1.90. The molecule has 0 atom stereocenters. The molecule has 0 saturated heterocycles. The Morgan fingerprint density at radius 2 is 2.31 bits per heavy atom. The first-order valence-electron chi connectivity index (χ1n) is 3.71. The molecule has 1 heterocycles. The van der Waals surface area contributed by atoms with Gasteiger partial charge in [0.1, 0.15) is 6.33 Å². The molecule has 7 heteroatoms. The molecule has 1 rings (SSSR count). The number of nitrogens with zero attached hydrogens (tertiary/aromatic N) is 2. The van der Waals surface area contributed by atoms with E-state index in [2.05, 4.69) is 13.5 Å². The van der Waals surface area contributed by atoms with E-state index in [4.69, 9.17) is 0 Å². The number of imidazole rings is 1.